The zero-order chi connectivity index (χ0) is 17.8. The number of carbonyl (C=O) groups is 1. The number of hydrogen-bond donors (Lipinski definition) is 3. The van der Waals surface area contributed by atoms with E-state index in [1.165, 1.54) is 18.9 Å². The summed E-state index contributed by atoms with van der Waals surface area (Å²) in [6.07, 6.45) is 8.10. The second-order valence-corrected chi connectivity index (χ2v) is 6.61. The van der Waals surface area contributed by atoms with Gasteiger partial charge in [-0.2, -0.15) is 5.10 Å². The second kappa shape index (κ2) is 7.59. The third-order valence-electron chi connectivity index (χ3n) is 4.84. The molecule has 0 bridgehead atoms. The number of benzene rings is 1. The molecule has 1 heterocycles. The molecule has 1 aromatic carbocycles. The van der Waals surface area contributed by atoms with Crippen LogP contribution >= 0.6 is 0 Å². The minimum atomic E-state index is -0.199. The number of nitrogens with one attached hydrogen (secondary N) is 1. The van der Waals surface area contributed by atoms with Crippen LogP contribution in [0.5, 0.6) is 11.5 Å². The van der Waals surface area contributed by atoms with Crippen molar-refractivity contribution in [3.05, 3.63) is 41.2 Å². The van der Waals surface area contributed by atoms with Gasteiger partial charge in [0.25, 0.3) is 5.91 Å². The maximum Gasteiger partial charge on any atom is 0.255 e. The molecule has 2 aromatic rings. The SMILES string of the molecule is CCCc1c(C(=O)NCc2cccc(O)c2O)cnn1C1CCCC1. The number of amides is 1. The Morgan fingerprint density at radius 2 is 2.08 bits per heavy atom. The van der Waals surface area contributed by atoms with Crippen LogP contribution in [-0.4, -0.2) is 25.9 Å². The number of carbonyl (C=O) groups excluding carboxylic acids is 1. The fourth-order valence-corrected chi connectivity index (χ4v) is 3.52. The number of phenolic OH excluding ortho intramolecular Hbond substituents is 2. The Morgan fingerprint density at radius 3 is 2.80 bits per heavy atom. The summed E-state index contributed by atoms with van der Waals surface area (Å²) in [5.74, 6) is -0.582. The van der Waals surface area contributed by atoms with Gasteiger partial charge in [0.2, 0.25) is 0 Å². The number of para-hydroxylation sites is 1. The van der Waals surface area contributed by atoms with Gasteiger partial charge in [0.05, 0.1) is 23.5 Å². The van der Waals surface area contributed by atoms with Crippen LogP contribution in [0.15, 0.2) is 24.4 Å². The molecule has 1 aromatic heterocycles. The molecule has 0 radical (unpaired) electrons. The largest absolute Gasteiger partial charge is 0.504 e. The molecule has 0 atom stereocenters. The van der Waals surface area contributed by atoms with Crippen LogP contribution in [0.25, 0.3) is 0 Å². The van der Waals surface area contributed by atoms with Crippen molar-refractivity contribution in [1.29, 1.82) is 0 Å². The molecule has 0 unspecified atom stereocenters. The minimum absolute atomic E-state index is 0.152. The van der Waals surface area contributed by atoms with E-state index in [1.54, 1.807) is 18.3 Å². The Balaban J connectivity index is 1.76. The first-order chi connectivity index (χ1) is 12.1. The molecule has 6 heteroatoms. The standard InChI is InChI=1S/C19H25N3O3/c1-2-6-16-15(12-21-22(16)14-8-3-4-9-14)19(25)20-11-13-7-5-10-17(23)18(13)24/h5,7,10,12,14,23-24H,2-4,6,8-9,11H2,1H3,(H,20,25). The minimum Gasteiger partial charge on any atom is -0.504 e. The Bertz CT molecular complexity index is 748. The molecule has 1 amide bonds. The van der Waals surface area contributed by atoms with Gasteiger partial charge >= 0.3 is 0 Å². The first kappa shape index (κ1) is 17.3. The van der Waals surface area contributed by atoms with Crippen LogP contribution in [-0.2, 0) is 13.0 Å². The molecule has 3 rings (SSSR count). The number of nitrogens with zero attached hydrogens (tertiary/aromatic N) is 2. The molecule has 1 fully saturated rings. The summed E-state index contributed by atoms with van der Waals surface area (Å²) in [7, 11) is 0. The summed E-state index contributed by atoms with van der Waals surface area (Å²) >= 11 is 0. The van der Waals surface area contributed by atoms with Crippen LogP contribution in [0, 0.1) is 0 Å². The first-order valence-electron chi connectivity index (χ1n) is 8.96. The van der Waals surface area contributed by atoms with Crippen molar-refractivity contribution in [2.24, 2.45) is 0 Å². The topological polar surface area (TPSA) is 87.4 Å². The summed E-state index contributed by atoms with van der Waals surface area (Å²) in [4.78, 5) is 12.6. The van der Waals surface area contributed by atoms with Gasteiger partial charge in [-0.3, -0.25) is 9.48 Å². The fraction of sp³-hybridized carbons (Fsp3) is 0.474. The van der Waals surface area contributed by atoms with Crippen LogP contribution in [0.3, 0.4) is 0 Å². The van der Waals surface area contributed by atoms with Crippen molar-refractivity contribution in [2.45, 2.75) is 58.0 Å². The van der Waals surface area contributed by atoms with Crippen molar-refractivity contribution < 1.29 is 15.0 Å². The lowest BCUT2D eigenvalue weighted by Gasteiger charge is -2.15. The van der Waals surface area contributed by atoms with E-state index in [1.807, 2.05) is 4.68 Å². The Hall–Kier alpha value is -2.50. The number of rotatable bonds is 6. The molecule has 3 N–H and O–H groups in total. The van der Waals surface area contributed by atoms with Crippen LogP contribution in [0.4, 0.5) is 0 Å². The zero-order valence-corrected chi connectivity index (χ0v) is 14.5. The number of aromatic nitrogens is 2. The van der Waals surface area contributed by atoms with E-state index in [4.69, 9.17) is 0 Å². The predicted octanol–water partition coefficient (Wildman–Crippen LogP) is 3.29. The molecule has 1 saturated carbocycles. The monoisotopic (exact) mass is 343 g/mol. The molecule has 1 aliphatic carbocycles. The normalized spacial score (nSPS) is 14.8. The van der Waals surface area contributed by atoms with E-state index >= 15 is 0 Å². The number of aromatic hydroxyl groups is 2. The molecule has 0 spiro atoms. The third kappa shape index (κ3) is 3.62. The Labute approximate surface area is 147 Å². The Morgan fingerprint density at radius 1 is 1.32 bits per heavy atom. The highest BCUT2D eigenvalue weighted by molar-refractivity contribution is 5.95. The predicted molar refractivity (Wildman–Crippen MR) is 94.7 cm³/mol. The zero-order valence-electron chi connectivity index (χ0n) is 14.5. The molecule has 6 nitrogen and oxygen atoms in total. The van der Waals surface area contributed by atoms with Gasteiger partial charge in [-0.25, -0.2) is 0 Å². The summed E-state index contributed by atoms with van der Waals surface area (Å²) in [6, 6.07) is 5.12. The highest BCUT2D eigenvalue weighted by Gasteiger charge is 2.24. The van der Waals surface area contributed by atoms with Crippen molar-refractivity contribution in [1.82, 2.24) is 15.1 Å². The summed E-state index contributed by atoms with van der Waals surface area (Å²) in [5.41, 5.74) is 2.08. The van der Waals surface area contributed by atoms with Gasteiger partial charge in [0, 0.05) is 12.1 Å². The maximum atomic E-state index is 12.6. The smallest absolute Gasteiger partial charge is 0.255 e. The lowest BCUT2D eigenvalue weighted by atomic mass is 10.1. The molecule has 134 valence electrons. The first-order valence-corrected chi connectivity index (χ1v) is 8.96. The summed E-state index contributed by atoms with van der Waals surface area (Å²) in [5, 5.41) is 26.7. The van der Waals surface area contributed by atoms with E-state index < -0.39 is 0 Å². The molecule has 1 aliphatic rings. The van der Waals surface area contributed by atoms with E-state index in [9.17, 15) is 15.0 Å². The van der Waals surface area contributed by atoms with Gasteiger partial charge in [-0.05, 0) is 25.3 Å². The van der Waals surface area contributed by atoms with Gasteiger partial charge < -0.3 is 15.5 Å². The highest BCUT2D eigenvalue weighted by atomic mass is 16.3. The molecule has 0 aliphatic heterocycles. The van der Waals surface area contributed by atoms with E-state index in [2.05, 4.69) is 17.3 Å². The molecular weight excluding hydrogens is 318 g/mol. The highest BCUT2D eigenvalue weighted by Crippen LogP contribution is 2.31. The Kier molecular flexibility index (Phi) is 5.26. The van der Waals surface area contributed by atoms with Gasteiger partial charge in [-0.15, -0.1) is 0 Å². The summed E-state index contributed by atoms with van der Waals surface area (Å²) in [6.45, 7) is 2.25. The lowest BCUT2D eigenvalue weighted by Crippen LogP contribution is -2.24. The average molecular weight is 343 g/mol. The molecule has 25 heavy (non-hydrogen) atoms. The van der Waals surface area contributed by atoms with Crippen molar-refractivity contribution in [3.8, 4) is 11.5 Å². The van der Waals surface area contributed by atoms with Gasteiger partial charge in [-0.1, -0.05) is 38.3 Å². The molecular formula is C19H25N3O3. The van der Waals surface area contributed by atoms with Crippen LogP contribution in [0.2, 0.25) is 0 Å². The maximum absolute atomic E-state index is 12.6. The van der Waals surface area contributed by atoms with Crippen molar-refractivity contribution in [3.63, 3.8) is 0 Å². The molecule has 0 saturated heterocycles. The third-order valence-corrected chi connectivity index (χ3v) is 4.84. The van der Waals surface area contributed by atoms with Gasteiger partial charge in [0.15, 0.2) is 11.5 Å². The van der Waals surface area contributed by atoms with Crippen molar-refractivity contribution in [2.75, 3.05) is 0 Å². The van der Waals surface area contributed by atoms with E-state index in [0.717, 1.165) is 31.4 Å². The van der Waals surface area contributed by atoms with E-state index in [0.29, 0.717) is 17.2 Å². The summed E-state index contributed by atoms with van der Waals surface area (Å²) < 4.78 is 2.04. The average Bonchev–Trinajstić information content (AvgIpc) is 3.25. The van der Waals surface area contributed by atoms with Crippen LogP contribution < -0.4 is 5.32 Å². The van der Waals surface area contributed by atoms with Gasteiger partial charge in [0.1, 0.15) is 0 Å². The van der Waals surface area contributed by atoms with E-state index in [-0.39, 0.29) is 24.0 Å². The second-order valence-electron chi connectivity index (χ2n) is 6.61. The number of hydrogen-bond acceptors (Lipinski definition) is 4. The van der Waals surface area contributed by atoms with Crippen molar-refractivity contribution >= 4 is 5.91 Å². The van der Waals surface area contributed by atoms with Crippen LogP contribution in [0.1, 0.15) is 66.7 Å². The number of phenols is 2. The lowest BCUT2D eigenvalue weighted by molar-refractivity contribution is 0.0949. The fourth-order valence-electron chi connectivity index (χ4n) is 3.52. The quantitative estimate of drug-likeness (QED) is 0.702.